The first-order valence-electron chi connectivity index (χ1n) is 5.43. The molecule has 0 saturated heterocycles. The van der Waals surface area contributed by atoms with Crippen molar-refractivity contribution in [3.05, 3.63) is 55.1 Å². The zero-order valence-electron chi connectivity index (χ0n) is 10.1. The molecule has 0 bridgehead atoms. The number of carbonyl (C=O) groups excluding carboxylic acids is 1. The van der Waals surface area contributed by atoms with Crippen molar-refractivity contribution in [1.82, 2.24) is 4.90 Å². The van der Waals surface area contributed by atoms with Crippen molar-refractivity contribution >= 4 is 6.09 Å². The van der Waals surface area contributed by atoms with Crippen LogP contribution in [-0.4, -0.2) is 24.1 Å². The van der Waals surface area contributed by atoms with E-state index in [4.69, 9.17) is 4.74 Å². The molecule has 1 amide bonds. The molecule has 3 nitrogen and oxygen atoms in total. The SMILES string of the molecule is C=CCN(CC=C)C(=O)Oc1ccccc1C. The number of carbonyl (C=O) groups is 1. The molecule has 90 valence electrons. The van der Waals surface area contributed by atoms with E-state index in [-0.39, 0.29) is 6.09 Å². The third kappa shape index (κ3) is 3.79. The first-order chi connectivity index (χ1) is 8.19. The summed E-state index contributed by atoms with van der Waals surface area (Å²) in [6.45, 7) is 9.99. The van der Waals surface area contributed by atoms with Gasteiger partial charge < -0.3 is 9.64 Å². The Bertz CT molecular complexity index is 402. The molecule has 0 saturated carbocycles. The van der Waals surface area contributed by atoms with Gasteiger partial charge in [-0.05, 0) is 18.6 Å². The molecule has 0 aliphatic heterocycles. The minimum Gasteiger partial charge on any atom is -0.410 e. The van der Waals surface area contributed by atoms with Crippen molar-refractivity contribution in [1.29, 1.82) is 0 Å². The number of amides is 1. The van der Waals surface area contributed by atoms with Gasteiger partial charge in [0.15, 0.2) is 0 Å². The van der Waals surface area contributed by atoms with Crippen LogP contribution in [0.3, 0.4) is 0 Å². The Labute approximate surface area is 102 Å². The second-order valence-electron chi connectivity index (χ2n) is 3.62. The van der Waals surface area contributed by atoms with Crippen LogP contribution in [0.5, 0.6) is 5.75 Å². The maximum Gasteiger partial charge on any atom is 0.415 e. The van der Waals surface area contributed by atoms with Crippen molar-refractivity contribution in [2.24, 2.45) is 0 Å². The van der Waals surface area contributed by atoms with Gasteiger partial charge in [0.2, 0.25) is 0 Å². The smallest absolute Gasteiger partial charge is 0.410 e. The van der Waals surface area contributed by atoms with Crippen LogP contribution in [0.4, 0.5) is 4.79 Å². The average Bonchev–Trinajstić information content (AvgIpc) is 2.32. The Morgan fingerprint density at radius 1 is 1.29 bits per heavy atom. The summed E-state index contributed by atoms with van der Waals surface area (Å²) in [7, 11) is 0. The Balaban J connectivity index is 2.72. The van der Waals surface area contributed by atoms with E-state index in [0.29, 0.717) is 18.8 Å². The molecular formula is C14H17NO2. The number of nitrogens with zero attached hydrogens (tertiary/aromatic N) is 1. The largest absolute Gasteiger partial charge is 0.415 e. The van der Waals surface area contributed by atoms with Gasteiger partial charge in [0.1, 0.15) is 5.75 Å². The third-order valence-electron chi connectivity index (χ3n) is 2.25. The van der Waals surface area contributed by atoms with E-state index in [1.807, 2.05) is 25.1 Å². The molecule has 3 heteroatoms. The molecule has 0 aliphatic rings. The third-order valence-corrected chi connectivity index (χ3v) is 2.25. The highest BCUT2D eigenvalue weighted by Crippen LogP contribution is 2.17. The normalized spacial score (nSPS) is 9.47. The zero-order valence-corrected chi connectivity index (χ0v) is 10.1. The molecule has 0 aliphatic carbocycles. The van der Waals surface area contributed by atoms with E-state index in [9.17, 15) is 4.79 Å². The number of ether oxygens (including phenoxy) is 1. The molecule has 0 unspecified atom stereocenters. The van der Waals surface area contributed by atoms with E-state index in [0.717, 1.165) is 5.56 Å². The number of aryl methyl sites for hydroxylation is 1. The maximum atomic E-state index is 11.9. The maximum absolute atomic E-state index is 11.9. The quantitative estimate of drug-likeness (QED) is 0.728. The molecule has 0 aromatic heterocycles. The first-order valence-corrected chi connectivity index (χ1v) is 5.43. The molecule has 0 spiro atoms. The highest BCUT2D eigenvalue weighted by atomic mass is 16.6. The van der Waals surface area contributed by atoms with Gasteiger partial charge in [-0.15, -0.1) is 13.2 Å². The summed E-state index contributed by atoms with van der Waals surface area (Å²) < 4.78 is 5.30. The summed E-state index contributed by atoms with van der Waals surface area (Å²) >= 11 is 0. The van der Waals surface area contributed by atoms with Gasteiger partial charge in [-0.3, -0.25) is 0 Å². The van der Waals surface area contributed by atoms with Crippen LogP contribution in [0, 0.1) is 6.92 Å². The number of hydrogen-bond donors (Lipinski definition) is 0. The molecule has 17 heavy (non-hydrogen) atoms. The molecule has 1 aromatic rings. The molecule has 0 heterocycles. The van der Waals surface area contributed by atoms with Crippen molar-refractivity contribution in [3.8, 4) is 5.75 Å². The second kappa shape index (κ2) is 6.53. The molecular weight excluding hydrogens is 214 g/mol. The van der Waals surface area contributed by atoms with Crippen LogP contribution < -0.4 is 4.74 Å². The Hall–Kier alpha value is -2.03. The summed E-state index contributed by atoms with van der Waals surface area (Å²) in [6.07, 6.45) is 2.92. The molecule has 0 N–H and O–H groups in total. The molecule has 1 aromatic carbocycles. The fraction of sp³-hybridized carbons (Fsp3) is 0.214. The summed E-state index contributed by atoms with van der Waals surface area (Å²) in [5, 5.41) is 0. The number of benzene rings is 1. The van der Waals surface area contributed by atoms with Gasteiger partial charge in [-0.2, -0.15) is 0 Å². The Morgan fingerprint density at radius 3 is 2.41 bits per heavy atom. The van der Waals surface area contributed by atoms with Crippen LogP contribution in [0.25, 0.3) is 0 Å². The lowest BCUT2D eigenvalue weighted by atomic mass is 10.2. The van der Waals surface area contributed by atoms with E-state index in [2.05, 4.69) is 13.2 Å². The van der Waals surface area contributed by atoms with Crippen LogP contribution >= 0.6 is 0 Å². The van der Waals surface area contributed by atoms with Gasteiger partial charge in [0, 0.05) is 13.1 Å². The highest BCUT2D eigenvalue weighted by molar-refractivity contribution is 5.71. The summed E-state index contributed by atoms with van der Waals surface area (Å²) in [4.78, 5) is 13.4. The summed E-state index contributed by atoms with van der Waals surface area (Å²) in [5.74, 6) is 0.579. The minimum atomic E-state index is -0.390. The fourth-order valence-electron chi connectivity index (χ4n) is 1.36. The lowest BCUT2D eigenvalue weighted by Gasteiger charge is -2.19. The first kappa shape index (κ1) is 13.0. The van der Waals surface area contributed by atoms with Gasteiger partial charge in [0.25, 0.3) is 0 Å². The number of para-hydroxylation sites is 1. The van der Waals surface area contributed by atoms with Crippen LogP contribution in [-0.2, 0) is 0 Å². The van der Waals surface area contributed by atoms with E-state index >= 15 is 0 Å². The Kier molecular flexibility index (Phi) is 5.01. The van der Waals surface area contributed by atoms with Gasteiger partial charge in [-0.1, -0.05) is 30.4 Å². The summed E-state index contributed by atoms with van der Waals surface area (Å²) in [6, 6.07) is 7.40. The lowest BCUT2D eigenvalue weighted by Crippen LogP contribution is -2.33. The van der Waals surface area contributed by atoms with E-state index in [1.165, 1.54) is 4.90 Å². The van der Waals surface area contributed by atoms with E-state index < -0.39 is 0 Å². The molecule has 0 fully saturated rings. The zero-order chi connectivity index (χ0) is 12.7. The minimum absolute atomic E-state index is 0.390. The van der Waals surface area contributed by atoms with Gasteiger partial charge >= 0.3 is 6.09 Å². The van der Waals surface area contributed by atoms with Crippen molar-refractivity contribution in [2.75, 3.05) is 13.1 Å². The monoisotopic (exact) mass is 231 g/mol. The summed E-state index contributed by atoms with van der Waals surface area (Å²) in [5.41, 5.74) is 0.929. The standard InChI is InChI=1S/C14H17NO2/c1-4-10-15(11-5-2)14(16)17-13-9-7-6-8-12(13)3/h4-9H,1-2,10-11H2,3H3. The second-order valence-corrected chi connectivity index (χ2v) is 3.62. The van der Waals surface area contributed by atoms with E-state index in [1.54, 1.807) is 18.2 Å². The molecule has 0 radical (unpaired) electrons. The van der Waals surface area contributed by atoms with Crippen LogP contribution in [0.2, 0.25) is 0 Å². The van der Waals surface area contributed by atoms with Crippen LogP contribution in [0.1, 0.15) is 5.56 Å². The Morgan fingerprint density at radius 2 is 1.88 bits per heavy atom. The van der Waals surface area contributed by atoms with Crippen molar-refractivity contribution in [2.45, 2.75) is 6.92 Å². The highest BCUT2D eigenvalue weighted by Gasteiger charge is 2.13. The lowest BCUT2D eigenvalue weighted by molar-refractivity contribution is 0.162. The number of rotatable bonds is 5. The van der Waals surface area contributed by atoms with Gasteiger partial charge in [0.05, 0.1) is 0 Å². The fourth-order valence-corrected chi connectivity index (χ4v) is 1.36. The van der Waals surface area contributed by atoms with Crippen LogP contribution in [0.15, 0.2) is 49.6 Å². The van der Waals surface area contributed by atoms with Gasteiger partial charge in [-0.25, -0.2) is 4.79 Å². The number of hydrogen-bond acceptors (Lipinski definition) is 2. The van der Waals surface area contributed by atoms with Crippen molar-refractivity contribution < 1.29 is 9.53 Å². The van der Waals surface area contributed by atoms with Crippen molar-refractivity contribution in [3.63, 3.8) is 0 Å². The predicted octanol–water partition coefficient (Wildman–Crippen LogP) is 3.17. The molecule has 0 atom stereocenters. The molecule has 1 rings (SSSR count). The average molecular weight is 231 g/mol. The predicted molar refractivity (Wildman–Crippen MR) is 69.2 cm³/mol. The topological polar surface area (TPSA) is 29.5 Å².